The van der Waals surface area contributed by atoms with E-state index in [1.165, 1.54) is 26.9 Å². The minimum absolute atomic E-state index is 0.328. The summed E-state index contributed by atoms with van der Waals surface area (Å²) in [7, 11) is 0. The van der Waals surface area contributed by atoms with E-state index in [1.54, 1.807) is 0 Å². The zero-order valence-electron chi connectivity index (χ0n) is 14.3. The fourth-order valence-corrected chi connectivity index (χ4v) is 4.24. The van der Waals surface area contributed by atoms with E-state index in [4.69, 9.17) is 0 Å². The van der Waals surface area contributed by atoms with Gasteiger partial charge in [-0.2, -0.15) is 0 Å². The van der Waals surface area contributed by atoms with Crippen LogP contribution in [0.2, 0.25) is 0 Å². The number of nitrogens with one attached hydrogen (secondary N) is 2. The summed E-state index contributed by atoms with van der Waals surface area (Å²) in [5.74, 6) is 0.349. The Morgan fingerprint density at radius 2 is 1.76 bits per heavy atom. The van der Waals surface area contributed by atoms with Gasteiger partial charge in [0.15, 0.2) is 0 Å². The number of hydrogen-bond acceptors (Lipinski definition) is 2. The maximum absolute atomic E-state index is 3.73. The lowest BCUT2D eigenvalue weighted by atomic mass is 9.96. The van der Waals surface area contributed by atoms with Crippen molar-refractivity contribution in [1.29, 1.82) is 0 Å². The quantitative estimate of drug-likeness (QED) is 0.460. The Bertz CT molecular complexity index is 925. The number of aromatic nitrogens is 1. The van der Waals surface area contributed by atoms with E-state index < -0.39 is 0 Å². The molecule has 3 heteroatoms. The summed E-state index contributed by atoms with van der Waals surface area (Å²) in [4.78, 5) is 4.83. The molecule has 2 heterocycles. The molecule has 2 nitrogen and oxygen atoms in total. The summed E-state index contributed by atoms with van der Waals surface area (Å²) in [6.45, 7) is 3.15. The van der Waals surface area contributed by atoms with E-state index in [0.29, 0.717) is 12.0 Å². The molecule has 0 radical (unpaired) electrons. The molecule has 126 valence electrons. The first-order valence-corrected chi connectivity index (χ1v) is 9.58. The van der Waals surface area contributed by atoms with Crippen molar-refractivity contribution in [1.82, 2.24) is 10.3 Å². The third-order valence-electron chi connectivity index (χ3n) is 4.81. The number of fused-ring (bicyclic) bond motifs is 1. The van der Waals surface area contributed by atoms with E-state index in [1.807, 2.05) is 11.3 Å². The normalized spacial score (nSPS) is 13.8. The molecule has 4 rings (SSSR count). The average molecular weight is 346 g/mol. The monoisotopic (exact) mass is 346 g/mol. The van der Waals surface area contributed by atoms with Gasteiger partial charge in [0.1, 0.15) is 0 Å². The lowest BCUT2D eigenvalue weighted by molar-refractivity contribution is 0.553. The molecule has 0 saturated heterocycles. The van der Waals surface area contributed by atoms with E-state index >= 15 is 0 Å². The van der Waals surface area contributed by atoms with Crippen molar-refractivity contribution in [3.63, 3.8) is 0 Å². The second-order valence-corrected chi connectivity index (χ2v) is 7.38. The van der Waals surface area contributed by atoms with Gasteiger partial charge >= 0.3 is 0 Å². The third-order valence-corrected chi connectivity index (χ3v) is 5.80. The van der Waals surface area contributed by atoms with Crippen molar-refractivity contribution in [3.05, 3.63) is 94.3 Å². The van der Waals surface area contributed by atoms with Crippen LogP contribution in [0.15, 0.2) is 78.3 Å². The minimum Gasteiger partial charge on any atom is -0.361 e. The standard InChI is InChI=1S/C22H22N2S/c1-16(17-8-3-2-4-9-17)23-15-20(22-12-7-13-25-22)19-14-24-21-11-6-5-10-18(19)21/h2-14,16,20,23-24H,15H2,1H3/t16-,20+/m1/s1. The lowest BCUT2D eigenvalue weighted by Gasteiger charge is -2.20. The van der Waals surface area contributed by atoms with E-state index in [2.05, 4.69) is 95.5 Å². The number of aromatic amines is 1. The predicted molar refractivity (Wildman–Crippen MR) is 107 cm³/mol. The van der Waals surface area contributed by atoms with Gasteiger partial charge < -0.3 is 10.3 Å². The molecular formula is C22H22N2S. The highest BCUT2D eigenvalue weighted by atomic mass is 32.1. The Morgan fingerprint density at radius 1 is 0.960 bits per heavy atom. The summed E-state index contributed by atoms with van der Waals surface area (Å²) in [6.07, 6.45) is 2.17. The van der Waals surface area contributed by atoms with Crippen LogP contribution in [-0.4, -0.2) is 11.5 Å². The minimum atomic E-state index is 0.328. The van der Waals surface area contributed by atoms with Crippen molar-refractivity contribution < 1.29 is 0 Å². The molecule has 2 aromatic heterocycles. The van der Waals surface area contributed by atoms with Gasteiger partial charge in [0.2, 0.25) is 0 Å². The molecular weight excluding hydrogens is 324 g/mol. The van der Waals surface area contributed by atoms with Gasteiger partial charge in [-0.1, -0.05) is 54.6 Å². The van der Waals surface area contributed by atoms with Crippen LogP contribution in [0.25, 0.3) is 10.9 Å². The molecule has 0 aliphatic rings. The zero-order valence-corrected chi connectivity index (χ0v) is 15.1. The molecule has 4 aromatic rings. The number of benzene rings is 2. The van der Waals surface area contributed by atoms with Crippen LogP contribution in [0.4, 0.5) is 0 Å². The topological polar surface area (TPSA) is 27.8 Å². The van der Waals surface area contributed by atoms with Crippen molar-refractivity contribution in [2.75, 3.05) is 6.54 Å². The number of hydrogen-bond donors (Lipinski definition) is 2. The first-order chi connectivity index (χ1) is 12.3. The Balaban J connectivity index is 1.61. The summed E-state index contributed by atoms with van der Waals surface area (Å²) in [6, 6.07) is 23.9. The van der Waals surface area contributed by atoms with Crippen LogP contribution in [0.1, 0.15) is 34.9 Å². The first kappa shape index (κ1) is 16.1. The molecule has 2 atom stereocenters. The molecule has 0 amide bonds. The van der Waals surface area contributed by atoms with Crippen molar-refractivity contribution in [2.45, 2.75) is 18.9 Å². The van der Waals surface area contributed by atoms with E-state index in [9.17, 15) is 0 Å². The molecule has 0 aliphatic heterocycles. The molecule has 2 aromatic carbocycles. The third kappa shape index (κ3) is 3.39. The Morgan fingerprint density at radius 3 is 2.56 bits per heavy atom. The van der Waals surface area contributed by atoms with Crippen LogP contribution in [0.3, 0.4) is 0 Å². The second kappa shape index (κ2) is 7.26. The average Bonchev–Trinajstić information content (AvgIpc) is 3.33. The fraction of sp³-hybridized carbons (Fsp3) is 0.182. The molecule has 0 spiro atoms. The lowest BCUT2D eigenvalue weighted by Crippen LogP contribution is -2.25. The summed E-state index contributed by atoms with van der Waals surface area (Å²) in [5.41, 5.74) is 3.90. The molecule has 0 saturated carbocycles. The number of H-pyrrole nitrogens is 1. The summed E-state index contributed by atoms with van der Waals surface area (Å²) >= 11 is 1.83. The Hall–Kier alpha value is -2.36. The van der Waals surface area contributed by atoms with Gasteiger partial charge in [0.25, 0.3) is 0 Å². The Kier molecular flexibility index (Phi) is 4.68. The van der Waals surface area contributed by atoms with Crippen LogP contribution >= 0.6 is 11.3 Å². The van der Waals surface area contributed by atoms with Crippen LogP contribution in [-0.2, 0) is 0 Å². The van der Waals surface area contributed by atoms with Crippen molar-refractivity contribution in [2.24, 2.45) is 0 Å². The molecule has 0 fully saturated rings. The van der Waals surface area contributed by atoms with Crippen LogP contribution < -0.4 is 5.32 Å². The molecule has 0 aliphatic carbocycles. The van der Waals surface area contributed by atoms with Crippen molar-refractivity contribution >= 4 is 22.2 Å². The number of para-hydroxylation sites is 1. The highest BCUT2D eigenvalue weighted by Crippen LogP contribution is 2.33. The number of thiophene rings is 1. The second-order valence-electron chi connectivity index (χ2n) is 6.40. The SMILES string of the molecule is C[C@@H](NC[C@H](c1cccs1)c1c[nH]c2ccccc12)c1ccccc1. The van der Waals surface area contributed by atoms with Gasteiger partial charge in [-0.25, -0.2) is 0 Å². The number of rotatable bonds is 6. The maximum Gasteiger partial charge on any atom is 0.0457 e. The summed E-state index contributed by atoms with van der Waals surface area (Å²) in [5, 5.41) is 7.21. The van der Waals surface area contributed by atoms with Crippen LogP contribution in [0, 0.1) is 0 Å². The van der Waals surface area contributed by atoms with E-state index in [-0.39, 0.29) is 0 Å². The van der Waals surface area contributed by atoms with E-state index in [0.717, 1.165) is 6.54 Å². The van der Waals surface area contributed by atoms with Gasteiger partial charge in [-0.15, -0.1) is 11.3 Å². The molecule has 0 bridgehead atoms. The molecule has 25 heavy (non-hydrogen) atoms. The van der Waals surface area contributed by atoms with Crippen LogP contribution in [0.5, 0.6) is 0 Å². The maximum atomic E-state index is 3.73. The zero-order chi connectivity index (χ0) is 17.1. The molecule has 0 unspecified atom stereocenters. The Labute approximate surface area is 152 Å². The smallest absolute Gasteiger partial charge is 0.0457 e. The van der Waals surface area contributed by atoms with Gasteiger partial charge in [-0.3, -0.25) is 0 Å². The predicted octanol–water partition coefficient (Wildman–Crippen LogP) is 5.71. The van der Waals surface area contributed by atoms with Gasteiger partial charge in [-0.05, 0) is 35.6 Å². The first-order valence-electron chi connectivity index (χ1n) is 8.70. The van der Waals surface area contributed by atoms with Gasteiger partial charge in [0, 0.05) is 40.5 Å². The highest BCUT2D eigenvalue weighted by molar-refractivity contribution is 7.10. The summed E-state index contributed by atoms with van der Waals surface area (Å²) < 4.78 is 0. The largest absolute Gasteiger partial charge is 0.361 e. The fourth-order valence-electron chi connectivity index (χ4n) is 3.39. The van der Waals surface area contributed by atoms with Crippen molar-refractivity contribution in [3.8, 4) is 0 Å². The molecule has 2 N–H and O–H groups in total. The highest BCUT2D eigenvalue weighted by Gasteiger charge is 2.20. The van der Waals surface area contributed by atoms with Gasteiger partial charge in [0.05, 0.1) is 0 Å².